The second-order valence-electron chi connectivity index (χ2n) is 4.47. The number of halogens is 1. The van der Waals surface area contributed by atoms with Crippen LogP contribution in [0.25, 0.3) is 0 Å². The number of nitrogens with zero attached hydrogens (tertiary/aromatic N) is 1. The van der Waals surface area contributed by atoms with Crippen LogP contribution in [0.3, 0.4) is 0 Å². The Morgan fingerprint density at radius 2 is 2.18 bits per heavy atom. The summed E-state index contributed by atoms with van der Waals surface area (Å²) in [5, 5.41) is 3.62. The molecule has 0 spiro atoms. The van der Waals surface area contributed by atoms with Crippen molar-refractivity contribution in [3.8, 4) is 5.75 Å². The molecule has 22 heavy (non-hydrogen) atoms. The quantitative estimate of drug-likeness (QED) is 0.830. The van der Waals surface area contributed by atoms with Gasteiger partial charge in [-0.05, 0) is 35.6 Å². The highest BCUT2D eigenvalue weighted by atomic mass is 32.2. The number of ether oxygens (including phenoxy) is 1. The van der Waals surface area contributed by atoms with Crippen molar-refractivity contribution in [3.05, 3.63) is 53.5 Å². The molecule has 1 aromatic heterocycles. The molecule has 1 amide bonds. The van der Waals surface area contributed by atoms with Gasteiger partial charge < -0.3 is 10.1 Å². The van der Waals surface area contributed by atoms with Gasteiger partial charge in [-0.3, -0.25) is 4.79 Å². The predicted octanol–water partition coefficient (Wildman–Crippen LogP) is 3.27. The number of carbonyl (C=O) groups excluding carboxylic acids is 1. The number of aromatic nitrogens is 1. The van der Waals surface area contributed by atoms with Crippen LogP contribution in [0.15, 0.2) is 41.6 Å². The topological polar surface area (TPSA) is 51.2 Å². The van der Waals surface area contributed by atoms with E-state index < -0.39 is 5.82 Å². The van der Waals surface area contributed by atoms with Crippen LogP contribution in [0.2, 0.25) is 0 Å². The first-order valence-electron chi connectivity index (χ1n) is 6.83. The maximum atomic E-state index is 13.6. The Bertz CT molecular complexity index is 647. The summed E-state index contributed by atoms with van der Waals surface area (Å²) >= 11 is 1.61. The van der Waals surface area contributed by atoms with Crippen molar-refractivity contribution in [1.82, 2.24) is 10.3 Å². The predicted molar refractivity (Wildman–Crippen MR) is 84.8 cm³/mol. The molecule has 6 heteroatoms. The highest BCUT2D eigenvalue weighted by Gasteiger charge is 2.08. The summed E-state index contributed by atoms with van der Waals surface area (Å²) in [6, 6.07) is 8.14. The number of thioether (sulfide) groups is 1. The molecule has 0 saturated heterocycles. The van der Waals surface area contributed by atoms with E-state index >= 15 is 0 Å². The number of amides is 1. The van der Waals surface area contributed by atoms with Gasteiger partial charge in [-0.25, -0.2) is 9.37 Å². The van der Waals surface area contributed by atoms with E-state index in [1.54, 1.807) is 30.1 Å². The molecule has 0 aliphatic rings. The van der Waals surface area contributed by atoms with Gasteiger partial charge in [0.15, 0.2) is 11.6 Å². The Hall–Kier alpha value is -2.08. The molecular formula is C16H17FN2O2S. The highest BCUT2D eigenvalue weighted by molar-refractivity contribution is 7.99. The van der Waals surface area contributed by atoms with Crippen LogP contribution in [0.4, 0.5) is 4.39 Å². The number of nitrogens with one attached hydrogen (secondary N) is 1. The van der Waals surface area contributed by atoms with E-state index in [2.05, 4.69) is 10.3 Å². The average Bonchev–Trinajstić information content (AvgIpc) is 2.54. The second kappa shape index (κ2) is 7.79. The zero-order valence-corrected chi connectivity index (χ0v) is 13.2. The first-order valence-corrected chi connectivity index (χ1v) is 7.82. The molecular weight excluding hydrogens is 303 g/mol. The monoisotopic (exact) mass is 320 g/mol. The van der Waals surface area contributed by atoms with Crippen LogP contribution in [0, 0.1) is 5.82 Å². The lowest BCUT2D eigenvalue weighted by molar-refractivity contribution is 0.0950. The van der Waals surface area contributed by atoms with E-state index in [0.717, 1.165) is 10.8 Å². The molecule has 1 heterocycles. The Morgan fingerprint density at radius 1 is 1.36 bits per heavy atom. The van der Waals surface area contributed by atoms with Crippen LogP contribution >= 0.6 is 11.8 Å². The Labute approximate surface area is 133 Å². The van der Waals surface area contributed by atoms with Crippen molar-refractivity contribution >= 4 is 17.7 Å². The third kappa shape index (κ3) is 4.21. The maximum absolute atomic E-state index is 13.6. The number of methoxy groups -OCH3 is 1. The van der Waals surface area contributed by atoms with Crippen LogP contribution in [0.1, 0.15) is 22.8 Å². The molecule has 0 radical (unpaired) electrons. The van der Waals surface area contributed by atoms with E-state index in [1.807, 2.05) is 13.0 Å². The molecule has 0 aliphatic carbocycles. The van der Waals surface area contributed by atoms with E-state index in [9.17, 15) is 9.18 Å². The summed E-state index contributed by atoms with van der Waals surface area (Å²) in [4.78, 5) is 16.2. The first kappa shape index (κ1) is 16.3. The van der Waals surface area contributed by atoms with Crippen molar-refractivity contribution in [2.75, 3.05) is 12.9 Å². The average molecular weight is 320 g/mol. The molecule has 2 aromatic rings. The van der Waals surface area contributed by atoms with Gasteiger partial charge in [-0.1, -0.05) is 13.0 Å². The second-order valence-corrected chi connectivity index (χ2v) is 5.75. The zero-order valence-electron chi connectivity index (χ0n) is 12.4. The van der Waals surface area contributed by atoms with E-state index in [0.29, 0.717) is 11.1 Å². The summed E-state index contributed by atoms with van der Waals surface area (Å²) in [6.45, 7) is 2.28. The SMILES string of the molecule is CCSc1ccc(C(=O)NCc2ccc(OC)c(F)c2)cn1. The molecule has 0 atom stereocenters. The lowest BCUT2D eigenvalue weighted by Crippen LogP contribution is -2.23. The van der Waals surface area contributed by atoms with Crippen LogP contribution in [-0.2, 0) is 6.54 Å². The molecule has 116 valence electrons. The molecule has 2 rings (SSSR count). The lowest BCUT2D eigenvalue weighted by atomic mass is 10.2. The summed E-state index contributed by atoms with van der Waals surface area (Å²) in [7, 11) is 1.41. The van der Waals surface area contributed by atoms with E-state index in [-0.39, 0.29) is 18.2 Å². The van der Waals surface area contributed by atoms with Crippen LogP contribution in [0.5, 0.6) is 5.75 Å². The lowest BCUT2D eigenvalue weighted by Gasteiger charge is -2.07. The molecule has 0 saturated carbocycles. The van der Waals surface area contributed by atoms with Gasteiger partial charge in [0.05, 0.1) is 17.7 Å². The minimum atomic E-state index is -0.447. The normalized spacial score (nSPS) is 10.3. The third-order valence-electron chi connectivity index (χ3n) is 2.96. The summed E-state index contributed by atoms with van der Waals surface area (Å²) < 4.78 is 18.4. The summed E-state index contributed by atoms with van der Waals surface area (Å²) in [5.41, 5.74) is 1.15. The van der Waals surface area contributed by atoms with Gasteiger partial charge in [-0.2, -0.15) is 0 Å². The van der Waals surface area contributed by atoms with E-state index in [4.69, 9.17) is 4.74 Å². The van der Waals surface area contributed by atoms with Crippen molar-refractivity contribution in [2.45, 2.75) is 18.5 Å². The number of benzene rings is 1. The number of carbonyl (C=O) groups is 1. The van der Waals surface area contributed by atoms with Gasteiger partial charge in [0, 0.05) is 12.7 Å². The smallest absolute Gasteiger partial charge is 0.253 e. The Kier molecular flexibility index (Phi) is 5.77. The molecule has 1 aromatic carbocycles. The minimum Gasteiger partial charge on any atom is -0.494 e. The molecule has 0 aliphatic heterocycles. The van der Waals surface area contributed by atoms with Gasteiger partial charge in [0.1, 0.15) is 0 Å². The first-order chi connectivity index (χ1) is 10.6. The van der Waals surface area contributed by atoms with Crippen molar-refractivity contribution in [3.63, 3.8) is 0 Å². The standard InChI is InChI=1S/C16H17FN2O2S/c1-3-22-15-7-5-12(10-18-15)16(20)19-9-11-4-6-14(21-2)13(17)8-11/h4-8,10H,3,9H2,1-2H3,(H,19,20). The molecule has 0 unspecified atom stereocenters. The fourth-order valence-electron chi connectivity index (χ4n) is 1.85. The fraction of sp³-hybridized carbons (Fsp3) is 0.250. The van der Waals surface area contributed by atoms with Crippen LogP contribution < -0.4 is 10.1 Å². The Morgan fingerprint density at radius 3 is 2.77 bits per heavy atom. The highest BCUT2D eigenvalue weighted by Crippen LogP contribution is 2.18. The third-order valence-corrected chi connectivity index (χ3v) is 3.79. The van der Waals surface area contributed by atoms with Crippen LogP contribution in [-0.4, -0.2) is 23.8 Å². The van der Waals surface area contributed by atoms with Crippen molar-refractivity contribution in [1.29, 1.82) is 0 Å². The molecule has 1 N–H and O–H groups in total. The van der Waals surface area contributed by atoms with Gasteiger partial charge in [0.25, 0.3) is 5.91 Å². The number of rotatable bonds is 6. The summed E-state index contributed by atoms with van der Waals surface area (Å²) in [6.07, 6.45) is 1.54. The molecule has 0 bridgehead atoms. The van der Waals surface area contributed by atoms with Gasteiger partial charge >= 0.3 is 0 Å². The van der Waals surface area contributed by atoms with Crippen molar-refractivity contribution < 1.29 is 13.9 Å². The molecule has 0 fully saturated rings. The Balaban J connectivity index is 1.96. The van der Waals surface area contributed by atoms with E-state index in [1.165, 1.54) is 19.2 Å². The zero-order chi connectivity index (χ0) is 15.9. The molecule has 4 nitrogen and oxygen atoms in total. The van der Waals surface area contributed by atoms with Gasteiger partial charge in [-0.15, -0.1) is 11.8 Å². The van der Waals surface area contributed by atoms with Crippen molar-refractivity contribution in [2.24, 2.45) is 0 Å². The number of hydrogen-bond donors (Lipinski definition) is 1. The fourth-order valence-corrected chi connectivity index (χ4v) is 2.44. The number of pyridine rings is 1. The largest absolute Gasteiger partial charge is 0.494 e. The number of hydrogen-bond acceptors (Lipinski definition) is 4. The minimum absolute atomic E-state index is 0.184. The maximum Gasteiger partial charge on any atom is 0.253 e. The van der Waals surface area contributed by atoms with Gasteiger partial charge in [0.2, 0.25) is 0 Å². The summed E-state index contributed by atoms with van der Waals surface area (Å²) in [5.74, 6) is 0.429.